The van der Waals surface area contributed by atoms with Gasteiger partial charge >= 0.3 is 5.97 Å². The first kappa shape index (κ1) is 27.2. The van der Waals surface area contributed by atoms with Crippen molar-refractivity contribution in [3.05, 3.63) is 11.6 Å². The summed E-state index contributed by atoms with van der Waals surface area (Å²) >= 11 is 0. The molecule has 0 radical (unpaired) electrons. The van der Waals surface area contributed by atoms with Gasteiger partial charge in [-0.1, -0.05) is 13.8 Å². The third kappa shape index (κ3) is 3.66. The number of hydrogen-bond acceptors (Lipinski definition) is 8. The highest BCUT2D eigenvalue weighted by Crippen LogP contribution is 2.71. The van der Waals surface area contributed by atoms with Gasteiger partial charge in [0.05, 0.1) is 29.5 Å². The molecule has 0 aromatic heterocycles. The maximum absolute atomic E-state index is 12.5. The van der Waals surface area contributed by atoms with E-state index in [0.717, 1.165) is 38.5 Å². The highest BCUT2D eigenvalue weighted by Gasteiger charge is 2.74. The third-order valence-electron chi connectivity index (χ3n) is 12.3. The van der Waals surface area contributed by atoms with Crippen molar-refractivity contribution in [2.75, 3.05) is 13.7 Å². The Morgan fingerprint density at radius 1 is 1.03 bits per heavy atom. The molecule has 4 saturated carbocycles. The Morgan fingerprint density at radius 2 is 1.82 bits per heavy atom. The fourth-order valence-electron chi connectivity index (χ4n) is 10.1. The van der Waals surface area contributed by atoms with Gasteiger partial charge in [0.1, 0.15) is 12.7 Å². The Kier molecular flexibility index (Phi) is 6.61. The number of aliphatic hydroxyl groups excluding tert-OH is 1. The van der Waals surface area contributed by atoms with Crippen LogP contribution in [0.4, 0.5) is 0 Å². The van der Waals surface area contributed by atoms with E-state index in [2.05, 4.69) is 13.8 Å². The van der Waals surface area contributed by atoms with Crippen molar-refractivity contribution < 1.29 is 39.1 Å². The van der Waals surface area contributed by atoms with Crippen molar-refractivity contribution in [2.45, 2.75) is 127 Å². The highest BCUT2D eigenvalue weighted by atomic mass is 16.7. The van der Waals surface area contributed by atoms with Gasteiger partial charge in [0.2, 0.25) is 0 Å². The Balaban J connectivity index is 1.18. The maximum Gasteiger partial charge on any atom is 0.334 e. The second-order valence-corrected chi connectivity index (χ2v) is 13.7. The molecule has 38 heavy (non-hydrogen) atoms. The van der Waals surface area contributed by atoms with Crippen molar-refractivity contribution in [2.24, 2.45) is 28.6 Å². The summed E-state index contributed by atoms with van der Waals surface area (Å²) in [6.07, 6.45) is 7.79. The lowest BCUT2D eigenvalue weighted by Crippen LogP contribution is -2.73. The zero-order valence-corrected chi connectivity index (χ0v) is 23.4. The second-order valence-electron chi connectivity index (χ2n) is 13.7. The lowest BCUT2D eigenvalue weighted by Gasteiger charge is -2.67. The van der Waals surface area contributed by atoms with Crippen LogP contribution in [0.2, 0.25) is 0 Å². The third-order valence-corrected chi connectivity index (χ3v) is 12.3. The van der Waals surface area contributed by atoms with Gasteiger partial charge < -0.3 is 34.3 Å². The first-order valence-corrected chi connectivity index (χ1v) is 14.8. The summed E-state index contributed by atoms with van der Waals surface area (Å²) in [5.74, 6) is 0.0738. The standard InChI is InChI=1S/C30H46O8/c1-17-25(31)22(35-4)16-24(37-17)38-19-6-10-27(2)18(15-19)5-12-29(33)23(27)8-11-28(3)21(7-13-30(28,29)34)20-9-14-36-26(20)32/h9,17-19,21-25,31,33-34H,5-8,10-16H2,1-4H3/t17-,18-,19+,21-,22-,23-,24?,25+,27+,28-,29+,30-/m1/s1. The molecule has 0 bridgehead atoms. The minimum Gasteiger partial charge on any atom is -0.458 e. The van der Waals surface area contributed by atoms with Gasteiger partial charge in [-0.2, -0.15) is 0 Å². The summed E-state index contributed by atoms with van der Waals surface area (Å²) in [6, 6.07) is 0. The lowest BCUT2D eigenvalue weighted by atomic mass is 9.41. The van der Waals surface area contributed by atoms with Gasteiger partial charge in [-0.25, -0.2) is 4.79 Å². The Hall–Kier alpha value is -1.03. The molecule has 4 aliphatic carbocycles. The highest BCUT2D eigenvalue weighted by molar-refractivity contribution is 5.91. The van der Waals surface area contributed by atoms with Crippen LogP contribution in [-0.4, -0.2) is 76.9 Å². The molecule has 0 spiro atoms. The summed E-state index contributed by atoms with van der Waals surface area (Å²) in [5, 5.41) is 35.2. The minimum atomic E-state index is -1.22. The van der Waals surface area contributed by atoms with Crippen molar-refractivity contribution in [1.29, 1.82) is 0 Å². The number of ether oxygens (including phenoxy) is 4. The normalized spacial score (nSPS) is 54.5. The fourth-order valence-corrected chi connectivity index (χ4v) is 10.1. The first-order valence-electron chi connectivity index (χ1n) is 14.8. The van der Waals surface area contributed by atoms with Crippen LogP contribution in [0.25, 0.3) is 0 Å². The number of fused-ring (bicyclic) bond motifs is 5. The van der Waals surface area contributed by atoms with Crippen LogP contribution in [-0.2, 0) is 23.7 Å². The van der Waals surface area contributed by atoms with E-state index in [-0.39, 0.29) is 41.5 Å². The van der Waals surface area contributed by atoms with Gasteiger partial charge in [0.25, 0.3) is 0 Å². The molecule has 0 aromatic rings. The number of carbonyl (C=O) groups excluding carboxylic acids is 1. The topological polar surface area (TPSA) is 115 Å². The van der Waals surface area contributed by atoms with Crippen LogP contribution in [0.1, 0.15) is 85.0 Å². The van der Waals surface area contributed by atoms with Crippen molar-refractivity contribution in [3.8, 4) is 0 Å². The van der Waals surface area contributed by atoms with E-state index in [1.165, 1.54) is 0 Å². The van der Waals surface area contributed by atoms with E-state index < -0.39 is 29.0 Å². The number of cyclic esters (lactones) is 1. The SMILES string of the molecule is CO[C@@H]1CC(O[C@H]2CC[C@@]3(C)[C@H](CC[C@]4(O)[C@@H]3CC[C@]3(C)[C@@H](C5=CCOC5=O)CC[C@@]34O)C2)O[C@H](C)[C@@H]1O. The van der Waals surface area contributed by atoms with Crippen molar-refractivity contribution in [1.82, 2.24) is 0 Å². The molecular weight excluding hydrogens is 488 g/mol. The Bertz CT molecular complexity index is 983. The van der Waals surface area contributed by atoms with Gasteiger partial charge in [0, 0.05) is 24.5 Å². The summed E-state index contributed by atoms with van der Waals surface area (Å²) in [4.78, 5) is 12.5. The zero-order valence-electron chi connectivity index (χ0n) is 23.4. The molecular formula is C30H46O8. The summed E-state index contributed by atoms with van der Waals surface area (Å²) in [7, 11) is 1.62. The van der Waals surface area contributed by atoms with Gasteiger partial charge in [-0.3, -0.25) is 0 Å². The monoisotopic (exact) mass is 534 g/mol. The van der Waals surface area contributed by atoms with Gasteiger partial charge in [-0.15, -0.1) is 0 Å². The molecule has 5 fully saturated rings. The molecule has 214 valence electrons. The van der Waals surface area contributed by atoms with Crippen molar-refractivity contribution in [3.63, 3.8) is 0 Å². The molecule has 6 aliphatic rings. The maximum atomic E-state index is 12.5. The van der Waals surface area contributed by atoms with Gasteiger partial charge in [0.15, 0.2) is 6.29 Å². The van der Waals surface area contributed by atoms with E-state index in [4.69, 9.17) is 18.9 Å². The van der Waals surface area contributed by atoms with Crippen LogP contribution in [0.15, 0.2) is 11.6 Å². The molecule has 0 aromatic carbocycles. The van der Waals surface area contributed by atoms with E-state index >= 15 is 0 Å². The number of rotatable bonds is 4. The fraction of sp³-hybridized carbons (Fsp3) is 0.900. The average molecular weight is 535 g/mol. The number of esters is 1. The van der Waals surface area contributed by atoms with E-state index in [1.54, 1.807) is 7.11 Å². The second kappa shape index (κ2) is 9.25. The van der Waals surface area contributed by atoms with Gasteiger partial charge in [-0.05, 0) is 94.0 Å². The number of hydrogen-bond donors (Lipinski definition) is 3. The predicted octanol–water partition coefficient (Wildman–Crippen LogP) is 3.25. The van der Waals surface area contributed by atoms with Crippen molar-refractivity contribution >= 4 is 5.97 Å². The van der Waals surface area contributed by atoms with E-state index in [9.17, 15) is 20.1 Å². The first-order chi connectivity index (χ1) is 18.0. The molecule has 1 saturated heterocycles. The lowest BCUT2D eigenvalue weighted by molar-refractivity contribution is -0.304. The molecule has 6 rings (SSSR count). The molecule has 3 N–H and O–H groups in total. The van der Waals surface area contributed by atoms with Crippen LogP contribution < -0.4 is 0 Å². The number of aliphatic hydroxyl groups is 3. The van der Waals surface area contributed by atoms with E-state index in [0.29, 0.717) is 43.8 Å². The van der Waals surface area contributed by atoms with Crippen LogP contribution >= 0.6 is 0 Å². The van der Waals surface area contributed by atoms with E-state index in [1.807, 2.05) is 13.0 Å². The minimum absolute atomic E-state index is 0.00926. The molecule has 2 aliphatic heterocycles. The molecule has 8 heteroatoms. The molecule has 8 nitrogen and oxygen atoms in total. The average Bonchev–Trinajstić information content (AvgIpc) is 3.42. The predicted molar refractivity (Wildman–Crippen MR) is 138 cm³/mol. The molecule has 0 amide bonds. The van der Waals surface area contributed by atoms with Crippen LogP contribution in [0.5, 0.6) is 0 Å². The molecule has 12 atom stereocenters. The largest absolute Gasteiger partial charge is 0.458 e. The van der Waals surface area contributed by atoms with Crippen LogP contribution in [0, 0.1) is 28.6 Å². The Morgan fingerprint density at radius 3 is 2.53 bits per heavy atom. The summed E-state index contributed by atoms with van der Waals surface area (Å²) < 4.78 is 23.1. The smallest absolute Gasteiger partial charge is 0.334 e. The quantitative estimate of drug-likeness (QED) is 0.372. The zero-order chi connectivity index (χ0) is 27.1. The molecule has 2 heterocycles. The number of carbonyl (C=O) groups is 1. The summed E-state index contributed by atoms with van der Waals surface area (Å²) in [5.41, 5.74) is -2.32. The Labute approximate surface area is 226 Å². The summed E-state index contributed by atoms with van der Waals surface area (Å²) in [6.45, 7) is 6.59. The number of methoxy groups -OCH3 is 1. The van der Waals surface area contributed by atoms with Crippen LogP contribution in [0.3, 0.4) is 0 Å². The molecule has 1 unspecified atom stereocenters.